The normalized spacial score (nSPS) is 12.1. The minimum Gasteiger partial charge on any atom is -0.344 e. The van der Waals surface area contributed by atoms with E-state index in [1.807, 2.05) is 32.9 Å². The lowest BCUT2D eigenvalue weighted by Gasteiger charge is -2.17. The lowest BCUT2D eigenvalue weighted by molar-refractivity contribution is 0.0935. The first-order valence-electron chi connectivity index (χ1n) is 7.83. The molecule has 3 rings (SSSR count). The Hall–Kier alpha value is -2.95. The number of hydrogen-bond acceptors (Lipinski definition) is 3. The number of aromatic nitrogens is 2. The quantitative estimate of drug-likeness (QED) is 0.778. The molecule has 24 heavy (non-hydrogen) atoms. The van der Waals surface area contributed by atoms with Crippen molar-refractivity contribution in [3.63, 3.8) is 0 Å². The summed E-state index contributed by atoms with van der Waals surface area (Å²) in [5, 5.41) is 10.3. The van der Waals surface area contributed by atoms with E-state index >= 15 is 0 Å². The second-order valence-corrected chi connectivity index (χ2v) is 6.00. The molecule has 1 aromatic heterocycles. The van der Waals surface area contributed by atoms with Crippen molar-refractivity contribution in [3.8, 4) is 0 Å². The molecule has 122 valence electrons. The fourth-order valence-electron chi connectivity index (χ4n) is 2.86. The van der Waals surface area contributed by atoms with E-state index in [0.717, 1.165) is 16.7 Å². The van der Waals surface area contributed by atoms with Crippen molar-refractivity contribution in [2.75, 3.05) is 0 Å². The van der Waals surface area contributed by atoms with Gasteiger partial charge in [0.1, 0.15) is 0 Å². The molecule has 1 amide bonds. The zero-order valence-electron chi connectivity index (χ0n) is 13.9. The van der Waals surface area contributed by atoms with Gasteiger partial charge in [0.25, 0.3) is 11.5 Å². The molecule has 0 unspecified atom stereocenters. The zero-order valence-corrected chi connectivity index (χ0v) is 13.9. The van der Waals surface area contributed by atoms with Gasteiger partial charge in [0, 0.05) is 5.39 Å². The molecule has 0 aliphatic heterocycles. The molecular formula is C19H19N3O2. The van der Waals surface area contributed by atoms with E-state index in [-0.39, 0.29) is 23.2 Å². The van der Waals surface area contributed by atoms with Crippen LogP contribution in [0, 0.1) is 13.8 Å². The zero-order chi connectivity index (χ0) is 17.3. The van der Waals surface area contributed by atoms with Crippen molar-refractivity contribution < 1.29 is 4.79 Å². The third-order valence-corrected chi connectivity index (χ3v) is 4.16. The Balaban J connectivity index is 1.94. The topological polar surface area (TPSA) is 74.8 Å². The Labute approximate surface area is 139 Å². The maximum Gasteiger partial charge on any atom is 0.272 e. The average Bonchev–Trinajstić information content (AvgIpc) is 2.57. The highest BCUT2D eigenvalue weighted by Crippen LogP contribution is 2.20. The summed E-state index contributed by atoms with van der Waals surface area (Å²) in [5.74, 6) is -0.309. The Kier molecular flexibility index (Phi) is 4.16. The maximum absolute atomic E-state index is 12.7. The molecule has 0 fully saturated rings. The maximum atomic E-state index is 12.7. The van der Waals surface area contributed by atoms with Crippen molar-refractivity contribution in [1.29, 1.82) is 0 Å². The number of hydrogen-bond donors (Lipinski definition) is 2. The highest BCUT2D eigenvalue weighted by atomic mass is 16.2. The molecule has 5 nitrogen and oxygen atoms in total. The van der Waals surface area contributed by atoms with Crippen LogP contribution in [-0.2, 0) is 0 Å². The highest BCUT2D eigenvalue weighted by molar-refractivity contribution is 6.04. The van der Waals surface area contributed by atoms with Gasteiger partial charge < -0.3 is 5.32 Å². The van der Waals surface area contributed by atoms with Gasteiger partial charge >= 0.3 is 0 Å². The van der Waals surface area contributed by atoms with Crippen molar-refractivity contribution in [3.05, 3.63) is 75.2 Å². The lowest BCUT2D eigenvalue weighted by atomic mass is 10.00. The number of aryl methyl sites for hydroxylation is 2. The van der Waals surface area contributed by atoms with E-state index in [1.165, 1.54) is 0 Å². The summed E-state index contributed by atoms with van der Waals surface area (Å²) in [5.41, 5.74) is 3.25. The van der Waals surface area contributed by atoms with Crippen LogP contribution in [0.1, 0.15) is 40.1 Å². The van der Waals surface area contributed by atoms with Crippen LogP contribution in [0.3, 0.4) is 0 Å². The summed E-state index contributed by atoms with van der Waals surface area (Å²) < 4.78 is 0. The van der Waals surface area contributed by atoms with Crippen LogP contribution in [0.15, 0.2) is 47.3 Å². The van der Waals surface area contributed by atoms with Gasteiger partial charge in [-0.1, -0.05) is 42.0 Å². The first-order valence-corrected chi connectivity index (χ1v) is 7.83. The van der Waals surface area contributed by atoms with Crippen molar-refractivity contribution in [2.45, 2.75) is 26.8 Å². The van der Waals surface area contributed by atoms with Crippen molar-refractivity contribution >= 4 is 16.7 Å². The van der Waals surface area contributed by atoms with E-state index in [4.69, 9.17) is 0 Å². The number of rotatable bonds is 3. The predicted molar refractivity (Wildman–Crippen MR) is 94.2 cm³/mol. The second kappa shape index (κ2) is 6.28. The number of aromatic amines is 1. The summed E-state index contributed by atoms with van der Waals surface area (Å²) in [6.45, 7) is 5.98. The van der Waals surface area contributed by atoms with Gasteiger partial charge in [0.2, 0.25) is 0 Å². The molecule has 0 bridgehead atoms. The van der Waals surface area contributed by atoms with E-state index in [0.29, 0.717) is 10.8 Å². The minimum absolute atomic E-state index is 0.162. The number of H-pyrrole nitrogens is 1. The van der Waals surface area contributed by atoms with Crippen molar-refractivity contribution in [2.24, 2.45) is 0 Å². The van der Waals surface area contributed by atoms with Gasteiger partial charge in [0.15, 0.2) is 5.69 Å². The molecular weight excluding hydrogens is 302 g/mol. The third-order valence-electron chi connectivity index (χ3n) is 4.16. The molecule has 2 aromatic carbocycles. The molecule has 2 N–H and O–H groups in total. The molecule has 0 saturated carbocycles. The van der Waals surface area contributed by atoms with Crippen LogP contribution in [0.25, 0.3) is 10.8 Å². The van der Waals surface area contributed by atoms with Gasteiger partial charge in [0.05, 0.1) is 11.4 Å². The number of amides is 1. The van der Waals surface area contributed by atoms with E-state index in [2.05, 4.69) is 21.6 Å². The smallest absolute Gasteiger partial charge is 0.272 e. The molecule has 5 heteroatoms. The lowest BCUT2D eigenvalue weighted by Crippen LogP contribution is -2.29. The van der Waals surface area contributed by atoms with Gasteiger partial charge in [-0.25, -0.2) is 5.10 Å². The number of fused-ring (bicyclic) bond motifs is 1. The molecule has 1 heterocycles. The monoisotopic (exact) mass is 321 g/mol. The summed E-state index contributed by atoms with van der Waals surface area (Å²) >= 11 is 0. The predicted octanol–water partition coefficient (Wildman–Crippen LogP) is 3.03. The van der Waals surface area contributed by atoms with E-state index in [1.54, 1.807) is 24.3 Å². The fourth-order valence-corrected chi connectivity index (χ4v) is 2.86. The fraction of sp³-hybridized carbons (Fsp3) is 0.211. The van der Waals surface area contributed by atoms with Crippen LogP contribution >= 0.6 is 0 Å². The molecule has 0 spiro atoms. The van der Waals surface area contributed by atoms with Gasteiger partial charge in [-0.15, -0.1) is 0 Å². The number of nitrogens with one attached hydrogen (secondary N) is 2. The summed E-state index contributed by atoms with van der Waals surface area (Å²) in [4.78, 5) is 24.5. The molecule has 0 aliphatic rings. The van der Waals surface area contributed by atoms with Crippen LogP contribution in [-0.4, -0.2) is 16.1 Å². The highest BCUT2D eigenvalue weighted by Gasteiger charge is 2.17. The largest absolute Gasteiger partial charge is 0.344 e. The first-order chi connectivity index (χ1) is 11.5. The molecule has 0 radical (unpaired) electrons. The van der Waals surface area contributed by atoms with E-state index < -0.39 is 0 Å². The Morgan fingerprint density at radius 1 is 1.12 bits per heavy atom. The molecule has 3 aromatic rings. The molecule has 0 aliphatic carbocycles. The molecule has 1 atom stereocenters. The standard InChI is InChI=1S/C19H19N3O2/c1-11-8-9-12(2)16(10-11)13(3)20-19(24)17-14-6-4-5-7-15(14)18(23)22-21-17/h4-10,13H,1-3H3,(H,20,24)(H,22,23)/t13-/m0/s1. The van der Waals surface area contributed by atoms with Gasteiger partial charge in [-0.3, -0.25) is 9.59 Å². The van der Waals surface area contributed by atoms with Crippen LogP contribution in [0.5, 0.6) is 0 Å². The average molecular weight is 321 g/mol. The first kappa shape index (κ1) is 15.9. The van der Waals surface area contributed by atoms with Crippen LogP contribution in [0.2, 0.25) is 0 Å². The Bertz CT molecular complexity index is 976. The van der Waals surface area contributed by atoms with Gasteiger partial charge in [-0.2, -0.15) is 5.10 Å². The van der Waals surface area contributed by atoms with E-state index in [9.17, 15) is 9.59 Å². The molecule has 0 saturated heterocycles. The second-order valence-electron chi connectivity index (χ2n) is 6.00. The number of carbonyl (C=O) groups excluding carboxylic acids is 1. The summed E-state index contributed by atoms with van der Waals surface area (Å²) in [6.07, 6.45) is 0. The number of nitrogens with zero attached hydrogens (tertiary/aromatic N) is 1. The Morgan fingerprint density at radius 3 is 2.58 bits per heavy atom. The number of carbonyl (C=O) groups is 1. The SMILES string of the molecule is Cc1ccc(C)c([C@H](C)NC(=O)c2n[nH]c(=O)c3ccccc23)c1. The summed E-state index contributed by atoms with van der Waals surface area (Å²) in [7, 11) is 0. The third kappa shape index (κ3) is 2.93. The minimum atomic E-state index is -0.309. The number of benzene rings is 2. The van der Waals surface area contributed by atoms with Crippen molar-refractivity contribution in [1.82, 2.24) is 15.5 Å². The van der Waals surface area contributed by atoms with Crippen LogP contribution < -0.4 is 10.9 Å². The Morgan fingerprint density at radius 2 is 1.83 bits per heavy atom. The summed E-state index contributed by atoms with van der Waals surface area (Å²) in [6, 6.07) is 13.0. The van der Waals surface area contributed by atoms with Gasteiger partial charge in [-0.05, 0) is 38.0 Å². The van der Waals surface area contributed by atoms with Crippen LogP contribution in [0.4, 0.5) is 0 Å².